The number of carboxylic acid groups (broad SMARTS) is 1. The molecule has 112 valence electrons. The van der Waals surface area contributed by atoms with Crippen molar-refractivity contribution in [2.45, 2.75) is 45.4 Å². The highest BCUT2D eigenvalue weighted by atomic mass is 16.4. The number of nitrogens with zero attached hydrogens (tertiary/aromatic N) is 2. The molecule has 0 saturated heterocycles. The fourth-order valence-corrected chi connectivity index (χ4v) is 2.08. The summed E-state index contributed by atoms with van der Waals surface area (Å²) < 4.78 is 0. The predicted octanol–water partition coefficient (Wildman–Crippen LogP) is 2.34. The SMILES string of the molecule is CCCCC(CCCC(CN=C=O)C(=O)O)CN=C=O. The number of aliphatic carboxylic acids is 1. The van der Waals surface area contributed by atoms with E-state index in [1.807, 2.05) is 0 Å². The van der Waals surface area contributed by atoms with Crippen LogP contribution in [0.1, 0.15) is 45.4 Å². The van der Waals surface area contributed by atoms with Crippen LogP contribution < -0.4 is 0 Å². The Kier molecular flexibility index (Phi) is 11.2. The summed E-state index contributed by atoms with van der Waals surface area (Å²) in [7, 11) is 0. The zero-order valence-electron chi connectivity index (χ0n) is 11.9. The number of carbonyl (C=O) groups excluding carboxylic acids is 2. The molecule has 0 radical (unpaired) electrons. The smallest absolute Gasteiger partial charge is 0.308 e. The molecule has 0 aromatic rings. The van der Waals surface area contributed by atoms with Gasteiger partial charge in [-0.2, -0.15) is 0 Å². The molecule has 0 aliphatic heterocycles. The summed E-state index contributed by atoms with van der Waals surface area (Å²) in [5, 5.41) is 8.99. The monoisotopic (exact) mass is 282 g/mol. The van der Waals surface area contributed by atoms with E-state index < -0.39 is 11.9 Å². The first-order chi connectivity index (χ1) is 9.65. The lowest BCUT2D eigenvalue weighted by Crippen LogP contribution is -2.17. The van der Waals surface area contributed by atoms with Gasteiger partial charge < -0.3 is 5.11 Å². The van der Waals surface area contributed by atoms with Gasteiger partial charge >= 0.3 is 5.97 Å². The zero-order valence-corrected chi connectivity index (χ0v) is 11.9. The molecule has 0 aliphatic rings. The molecule has 20 heavy (non-hydrogen) atoms. The highest BCUT2D eigenvalue weighted by Gasteiger charge is 2.17. The summed E-state index contributed by atoms with van der Waals surface area (Å²) >= 11 is 0. The standard InChI is InChI=1S/C14H22N2O4/c1-2-3-5-12(8-15-10-17)6-4-7-13(14(19)20)9-16-11-18/h12-13H,2-9H2,1H3,(H,19,20). The highest BCUT2D eigenvalue weighted by molar-refractivity contribution is 5.70. The molecule has 0 aromatic carbocycles. The summed E-state index contributed by atoms with van der Waals surface area (Å²) in [6, 6.07) is 0. The maximum absolute atomic E-state index is 11.0. The molecule has 2 unspecified atom stereocenters. The van der Waals surface area contributed by atoms with E-state index in [-0.39, 0.29) is 6.54 Å². The molecule has 2 atom stereocenters. The van der Waals surface area contributed by atoms with Crippen LogP contribution in [0.2, 0.25) is 0 Å². The lowest BCUT2D eigenvalue weighted by molar-refractivity contribution is -0.141. The first kappa shape index (κ1) is 18.2. The van der Waals surface area contributed by atoms with Crippen molar-refractivity contribution in [1.29, 1.82) is 0 Å². The van der Waals surface area contributed by atoms with Gasteiger partial charge in [-0.25, -0.2) is 19.6 Å². The van der Waals surface area contributed by atoms with E-state index in [1.54, 1.807) is 6.08 Å². The number of hydrogen-bond donors (Lipinski definition) is 1. The molecule has 6 heteroatoms. The number of unbranched alkanes of at least 4 members (excludes halogenated alkanes) is 1. The van der Waals surface area contributed by atoms with Gasteiger partial charge in [0.05, 0.1) is 19.0 Å². The minimum atomic E-state index is -0.944. The van der Waals surface area contributed by atoms with E-state index in [9.17, 15) is 14.4 Å². The third-order valence-corrected chi connectivity index (χ3v) is 3.27. The van der Waals surface area contributed by atoms with Crippen molar-refractivity contribution < 1.29 is 19.5 Å². The van der Waals surface area contributed by atoms with Gasteiger partial charge in [-0.15, -0.1) is 0 Å². The fraction of sp³-hybridized carbons (Fsp3) is 0.786. The van der Waals surface area contributed by atoms with Gasteiger partial charge in [-0.05, 0) is 25.2 Å². The van der Waals surface area contributed by atoms with Gasteiger partial charge in [0.15, 0.2) is 0 Å². The Balaban J connectivity index is 4.19. The quantitative estimate of drug-likeness (QED) is 0.439. The van der Waals surface area contributed by atoms with Crippen molar-refractivity contribution in [3.63, 3.8) is 0 Å². The second-order valence-corrected chi connectivity index (χ2v) is 4.84. The van der Waals surface area contributed by atoms with Crippen molar-refractivity contribution in [2.24, 2.45) is 21.8 Å². The van der Waals surface area contributed by atoms with E-state index in [4.69, 9.17) is 5.11 Å². The summed E-state index contributed by atoms with van der Waals surface area (Å²) in [4.78, 5) is 38.1. The number of carboxylic acids is 1. The Hall–Kier alpha value is -1.77. The molecule has 0 heterocycles. The van der Waals surface area contributed by atoms with Crippen LogP contribution >= 0.6 is 0 Å². The second kappa shape index (κ2) is 12.3. The van der Waals surface area contributed by atoms with Crippen LogP contribution in [0.25, 0.3) is 0 Å². The van der Waals surface area contributed by atoms with Crippen LogP contribution in [0.5, 0.6) is 0 Å². The maximum Gasteiger partial charge on any atom is 0.308 e. The average molecular weight is 282 g/mol. The summed E-state index contributed by atoms with van der Waals surface area (Å²) in [5.74, 6) is -1.29. The van der Waals surface area contributed by atoms with E-state index in [0.29, 0.717) is 25.3 Å². The first-order valence-corrected chi connectivity index (χ1v) is 6.95. The Bertz CT molecular complexity index is 371. The lowest BCUT2D eigenvalue weighted by atomic mass is 9.93. The van der Waals surface area contributed by atoms with Crippen molar-refractivity contribution in [2.75, 3.05) is 13.1 Å². The van der Waals surface area contributed by atoms with Gasteiger partial charge in [0, 0.05) is 0 Å². The van der Waals surface area contributed by atoms with E-state index in [2.05, 4.69) is 16.9 Å². The largest absolute Gasteiger partial charge is 0.481 e. The third-order valence-electron chi connectivity index (χ3n) is 3.27. The highest BCUT2D eigenvalue weighted by Crippen LogP contribution is 2.19. The van der Waals surface area contributed by atoms with Crippen molar-refractivity contribution in [3.8, 4) is 0 Å². The summed E-state index contributed by atoms with van der Waals surface area (Å²) in [5.41, 5.74) is 0. The number of hydrogen-bond acceptors (Lipinski definition) is 5. The Labute approximate surface area is 119 Å². The van der Waals surface area contributed by atoms with Crippen LogP contribution in [0.3, 0.4) is 0 Å². The van der Waals surface area contributed by atoms with Gasteiger partial charge in [-0.1, -0.05) is 26.2 Å². The number of carbonyl (C=O) groups is 1. The van der Waals surface area contributed by atoms with Gasteiger partial charge in [0.2, 0.25) is 12.2 Å². The molecule has 0 saturated carbocycles. The van der Waals surface area contributed by atoms with Crippen molar-refractivity contribution in [3.05, 3.63) is 0 Å². The van der Waals surface area contributed by atoms with Gasteiger partial charge in [-0.3, -0.25) is 4.79 Å². The number of rotatable bonds is 12. The van der Waals surface area contributed by atoms with Crippen LogP contribution in [0, 0.1) is 11.8 Å². The average Bonchev–Trinajstić information content (AvgIpc) is 2.44. The molecule has 0 aliphatic carbocycles. The fourth-order valence-electron chi connectivity index (χ4n) is 2.08. The normalized spacial score (nSPS) is 12.8. The molecule has 6 nitrogen and oxygen atoms in total. The molecule has 0 fully saturated rings. The molecular weight excluding hydrogens is 260 g/mol. The molecule has 0 spiro atoms. The van der Waals surface area contributed by atoms with Gasteiger partial charge in [0.25, 0.3) is 0 Å². The molecule has 0 bridgehead atoms. The number of aliphatic imine (C=N–C) groups is 2. The van der Waals surface area contributed by atoms with Crippen LogP contribution in [-0.4, -0.2) is 36.3 Å². The number of isocyanates is 2. The molecule has 0 rings (SSSR count). The van der Waals surface area contributed by atoms with E-state index >= 15 is 0 Å². The third kappa shape index (κ3) is 9.20. The molecule has 1 N–H and O–H groups in total. The maximum atomic E-state index is 11.0. The van der Waals surface area contributed by atoms with Crippen LogP contribution in [-0.2, 0) is 14.4 Å². The van der Waals surface area contributed by atoms with Crippen LogP contribution in [0.4, 0.5) is 0 Å². The molecule has 0 aromatic heterocycles. The first-order valence-electron chi connectivity index (χ1n) is 6.95. The Morgan fingerprint density at radius 3 is 2.20 bits per heavy atom. The van der Waals surface area contributed by atoms with Crippen molar-refractivity contribution >= 4 is 18.1 Å². The second-order valence-electron chi connectivity index (χ2n) is 4.84. The molecule has 0 amide bonds. The van der Waals surface area contributed by atoms with E-state index in [1.165, 1.54) is 6.08 Å². The molecular formula is C14H22N2O4. The Morgan fingerprint density at radius 1 is 1.05 bits per heavy atom. The lowest BCUT2D eigenvalue weighted by Gasteiger charge is -2.15. The summed E-state index contributed by atoms with van der Waals surface area (Å²) in [6.07, 6.45) is 8.03. The van der Waals surface area contributed by atoms with E-state index in [0.717, 1.165) is 25.7 Å². The summed E-state index contributed by atoms with van der Waals surface area (Å²) in [6.45, 7) is 2.52. The minimum absolute atomic E-state index is 0.0229. The van der Waals surface area contributed by atoms with Crippen molar-refractivity contribution in [1.82, 2.24) is 0 Å². The van der Waals surface area contributed by atoms with Crippen LogP contribution in [0.15, 0.2) is 9.98 Å². The van der Waals surface area contributed by atoms with Gasteiger partial charge in [0.1, 0.15) is 0 Å². The minimum Gasteiger partial charge on any atom is -0.481 e. The predicted molar refractivity (Wildman–Crippen MR) is 74.0 cm³/mol. The Morgan fingerprint density at radius 2 is 1.65 bits per heavy atom. The zero-order chi connectivity index (χ0) is 15.2. The topological polar surface area (TPSA) is 96.2 Å².